The molecule has 1 aliphatic heterocycles. The van der Waals surface area contributed by atoms with Gasteiger partial charge in [-0.2, -0.15) is 9.90 Å². The van der Waals surface area contributed by atoms with Gasteiger partial charge in [-0.15, -0.1) is 0 Å². The molecule has 52 valence electrons. The molecule has 1 rings (SSSR count). The first kappa shape index (κ1) is 8.53. The monoisotopic (exact) mass is 149 g/mol. The van der Waals surface area contributed by atoms with Gasteiger partial charge in [-0.3, -0.25) is 14.9 Å². The van der Waals surface area contributed by atoms with Gasteiger partial charge in [0.1, 0.15) is 6.10 Å². The van der Waals surface area contributed by atoms with Crippen LogP contribution in [-0.2, 0) is 9.59 Å². The van der Waals surface area contributed by atoms with Crippen LogP contribution in [0.25, 0.3) is 0 Å². The Hall–Kier alpha value is -0.470. The number of hydrogen-bond donors (Lipinski definition) is 2. The summed E-state index contributed by atoms with van der Waals surface area (Å²) in [5.74, 6) is -0.988. The molecule has 2 N–H and O–H groups in total. The maximum atomic E-state index is 10.2. The van der Waals surface area contributed by atoms with Crippen LogP contribution in [0.15, 0.2) is 0 Å². The SMILES string of the molecule is O=C1CC(O)C(=O)N1.P. The molecule has 1 aliphatic rings. The van der Waals surface area contributed by atoms with Gasteiger partial charge in [0.15, 0.2) is 0 Å². The van der Waals surface area contributed by atoms with E-state index >= 15 is 0 Å². The van der Waals surface area contributed by atoms with Crippen molar-refractivity contribution in [2.24, 2.45) is 0 Å². The van der Waals surface area contributed by atoms with E-state index in [9.17, 15) is 9.59 Å². The van der Waals surface area contributed by atoms with Crippen LogP contribution in [0.1, 0.15) is 6.42 Å². The van der Waals surface area contributed by atoms with Crippen LogP contribution >= 0.6 is 9.90 Å². The Kier molecular flexibility index (Phi) is 2.74. The van der Waals surface area contributed by atoms with Crippen molar-refractivity contribution in [2.75, 3.05) is 0 Å². The molecule has 1 saturated heterocycles. The van der Waals surface area contributed by atoms with Crippen molar-refractivity contribution >= 4 is 21.7 Å². The highest BCUT2D eigenvalue weighted by Crippen LogP contribution is 1.98. The van der Waals surface area contributed by atoms with E-state index in [1.54, 1.807) is 0 Å². The second kappa shape index (κ2) is 2.90. The van der Waals surface area contributed by atoms with Crippen molar-refractivity contribution in [3.05, 3.63) is 0 Å². The van der Waals surface area contributed by atoms with Gasteiger partial charge in [0, 0.05) is 0 Å². The van der Waals surface area contributed by atoms with Gasteiger partial charge in [-0.05, 0) is 0 Å². The summed E-state index contributed by atoms with van der Waals surface area (Å²) in [6.45, 7) is 0. The second-order valence-corrected chi connectivity index (χ2v) is 1.63. The van der Waals surface area contributed by atoms with Gasteiger partial charge in [0.05, 0.1) is 6.42 Å². The lowest BCUT2D eigenvalue weighted by Crippen LogP contribution is -2.24. The average Bonchev–Trinajstić information content (AvgIpc) is 1.85. The molecular weight excluding hydrogens is 141 g/mol. The summed E-state index contributed by atoms with van der Waals surface area (Å²) in [6, 6.07) is 0. The first-order valence-electron chi connectivity index (χ1n) is 2.22. The van der Waals surface area contributed by atoms with E-state index in [1.165, 1.54) is 0 Å². The standard InChI is InChI=1S/C4H5NO3.H3P/c6-2-1-3(7)5-4(2)8;/h2,6H,1H2,(H,5,7,8);1H3. The van der Waals surface area contributed by atoms with Crippen molar-refractivity contribution in [3.63, 3.8) is 0 Å². The third-order valence-electron chi connectivity index (χ3n) is 0.944. The van der Waals surface area contributed by atoms with Crippen molar-refractivity contribution in [1.29, 1.82) is 0 Å². The van der Waals surface area contributed by atoms with Crippen LogP contribution in [-0.4, -0.2) is 23.0 Å². The molecule has 0 saturated carbocycles. The number of hydrogen-bond acceptors (Lipinski definition) is 3. The van der Waals surface area contributed by atoms with Gasteiger partial charge >= 0.3 is 0 Å². The number of rotatable bonds is 0. The first-order valence-corrected chi connectivity index (χ1v) is 2.22. The Morgan fingerprint density at radius 2 is 2.11 bits per heavy atom. The van der Waals surface area contributed by atoms with E-state index in [-0.39, 0.29) is 16.3 Å². The Balaban J connectivity index is 0.000000640. The van der Waals surface area contributed by atoms with Crippen LogP contribution in [0.4, 0.5) is 0 Å². The lowest BCUT2D eigenvalue weighted by molar-refractivity contribution is -0.127. The minimum absolute atomic E-state index is 0. The lowest BCUT2D eigenvalue weighted by atomic mass is 10.3. The normalized spacial score (nSPS) is 25.2. The number of aliphatic hydroxyl groups is 1. The maximum absolute atomic E-state index is 10.2. The van der Waals surface area contributed by atoms with Crippen LogP contribution in [0.3, 0.4) is 0 Å². The van der Waals surface area contributed by atoms with Crippen LogP contribution in [0.2, 0.25) is 0 Å². The van der Waals surface area contributed by atoms with E-state index in [0.717, 1.165) is 0 Å². The molecule has 4 nitrogen and oxygen atoms in total. The summed E-state index contributed by atoms with van der Waals surface area (Å²) >= 11 is 0. The molecule has 0 aromatic heterocycles. The average molecular weight is 149 g/mol. The van der Waals surface area contributed by atoms with Gasteiger partial charge < -0.3 is 5.11 Å². The van der Waals surface area contributed by atoms with E-state index < -0.39 is 17.9 Å². The molecule has 1 heterocycles. The predicted octanol–water partition coefficient (Wildman–Crippen LogP) is -1.55. The largest absolute Gasteiger partial charge is 0.383 e. The molecule has 0 spiro atoms. The fraction of sp³-hybridized carbons (Fsp3) is 0.500. The van der Waals surface area contributed by atoms with Gasteiger partial charge in [0.2, 0.25) is 5.91 Å². The smallest absolute Gasteiger partial charge is 0.255 e. The molecule has 9 heavy (non-hydrogen) atoms. The molecule has 2 unspecified atom stereocenters. The third-order valence-corrected chi connectivity index (χ3v) is 0.944. The van der Waals surface area contributed by atoms with Crippen LogP contribution in [0.5, 0.6) is 0 Å². The van der Waals surface area contributed by atoms with Crippen molar-refractivity contribution in [3.8, 4) is 0 Å². The lowest BCUT2D eigenvalue weighted by Gasteiger charge is -1.88. The molecule has 5 heteroatoms. The zero-order valence-electron chi connectivity index (χ0n) is 4.76. The van der Waals surface area contributed by atoms with E-state index in [2.05, 4.69) is 0 Å². The fourth-order valence-corrected chi connectivity index (χ4v) is 0.540. The topological polar surface area (TPSA) is 66.4 Å². The van der Waals surface area contributed by atoms with Crippen molar-refractivity contribution < 1.29 is 14.7 Å². The minimum atomic E-state index is -1.11. The molecule has 2 amide bonds. The summed E-state index contributed by atoms with van der Waals surface area (Å²) in [4.78, 5) is 20.4. The van der Waals surface area contributed by atoms with E-state index in [1.807, 2.05) is 5.32 Å². The zero-order valence-corrected chi connectivity index (χ0v) is 6.17. The number of amides is 2. The fourth-order valence-electron chi connectivity index (χ4n) is 0.540. The minimum Gasteiger partial charge on any atom is -0.383 e. The highest BCUT2D eigenvalue weighted by molar-refractivity contribution is 6.92. The molecule has 1 fully saturated rings. The Bertz CT molecular complexity index is 147. The number of imide groups is 1. The Morgan fingerprint density at radius 1 is 1.56 bits per heavy atom. The Morgan fingerprint density at radius 3 is 2.22 bits per heavy atom. The van der Waals surface area contributed by atoms with Crippen LogP contribution in [0, 0.1) is 0 Å². The van der Waals surface area contributed by atoms with Gasteiger partial charge in [-0.1, -0.05) is 0 Å². The second-order valence-electron chi connectivity index (χ2n) is 1.63. The molecule has 0 aliphatic carbocycles. The Labute approximate surface area is 55.2 Å². The van der Waals surface area contributed by atoms with Crippen molar-refractivity contribution in [2.45, 2.75) is 12.5 Å². The van der Waals surface area contributed by atoms with Crippen LogP contribution < -0.4 is 5.32 Å². The quantitative estimate of drug-likeness (QED) is 0.323. The number of aliphatic hydroxyl groups excluding tert-OH is 1. The highest BCUT2D eigenvalue weighted by Gasteiger charge is 2.27. The summed E-state index contributed by atoms with van der Waals surface area (Å²) in [5, 5.41) is 10.5. The number of carbonyl (C=O) groups excluding carboxylic acids is 2. The van der Waals surface area contributed by atoms with Gasteiger partial charge in [-0.25, -0.2) is 0 Å². The summed E-state index contributed by atoms with van der Waals surface area (Å²) in [6.07, 6.45) is -1.19. The van der Waals surface area contributed by atoms with E-state index in [4.69, 9.17) is 5.11 Å². The predicted molar refractivity (Wildman–Crippen MR) is 34.9 cm³/mol. The molecule has 0 aromatic carbocycles. The zero-order chi connectivity index (χ0) is 6.15. The molecular formula is C4H8NO3P. The number of carbonyl (C=O) groups is 2. The third kappa shape index (κ3) is 1.73. The molecule has 0 bridgehead atoms. The van der Waals surface area contributed by atoms with E-state index in [0.29, 0.717) is 0 Å². The maximum Gasteiger partial charge on any atom is 0.255 e. The summed E-state index contributed by atoms with van der Waals surface area (Å²) in [5.41, 5.74) is 0. The highest BCUT2D eigenvalue weighted by atomic mass is 31.0. The summed E-state index contributed by atoms with van der Waals surface area (Å²) in [7, 11) is 0. The van der Waals surface area contributed by atoms with Gasteiger partial charge in [0.25, 0.3) is 5.91 Å². The molecule has 2 atom stereocenters. The molecule has 0 radical (unpaired) electrons. The van der Waals surface area contributed by atoms with Crippen molar-refractivity contribution in [1.82, 2.24) is 5.32 Å². The summed E-state index contributed by atoms with van der Waals surface area (Å²) < 4.78 is 0. The first-order chi connectivity index (χ1) is 3.70. The molecule has 0 aromatic rings. The number of nitrogens with one attached hydrogen (secondary N) is 1.